The highest BCUT2D eigenvalue weighted by Gasteiger charge is 2.42. The molecular weight excluding hydrogens is 517 g/mol. The predicted octanol–water partition coefficient (Wildman–Crippen LogP) is 6.23. The van der Waals surface area contributed by atoms with Gasteiger partial charge in [0.15, 0.2) is 10.8 Å². The molecule has 0 radical (unpaired) electrons. The van der Waals surface area contributed by atoms with E-state index in [2.05, 4.69) is 4.98 Å². The van der Waals surface area contributed by atoms with Crippen LogP contribution in [0.15, 0.2) is 48.0 Å². The van der Waals surface area contributed by atoms with Crippen LogP contribution in [0.5, 0.6) is 0 Å². The summed E-state index contributed by atoms with van der Waals surface area (Å²) in [5.74, 6) is -1.16. The number of benzene rings is 1. The summed E-state index contributed by atoms with van der Waals surface area (Å²) in [5.41, 5.74) is 2.26. The molecule has 7 nitrogen and oxygen atoms in total. The first-order chi connectivity index (χ1) is 18.9. The Morgan fingerprint density at radius 3 is 2.46 bits per heavy atom. The number of halogens is 1. The molecular formula is C30H32FN3O4S. The molecule has 2 aromatic heterocycles. The summed E-state index contributed by atoms with van der Waals surface area (Å²) in [6.07, 6.45) is 8.42. The van der Waals surface area contributed by atoms with Crippen LogP contribution in [0.3, 0.4) is 0 Å². The Hall–Kier alpha value is -3.17. The summed E-state index contributed by atoms with van der Waals surface area (Å²) < 4.78 is 19.7. The van der Waals surface area contributed by atoms with E-state index in [1.54, 1.807) is 17.2 Å². The van der Waals surface area contributed by atoms with Crippen molar-refractivity contribution in [3.05, 3.63) is 53.7 Å². The maximum Gasteiger partial charge on any atom is 0.304 e. The molecule has 3 fully saturated rings. The van der Waals surface area contributed by atoms with Crippen molar-refractivity contribution in [1.29, 1.82) is 0 Å². The predicted molar refractivity (Wildman–Crippen MR) is 147 cm³/mol. The minimum atomic E-state index is -1.52. The number of rotatable bonds is 10. The van der Waals surface area contributed by atoms with E-state index in [9.17, 15) is 19.1 Å². The second-order valence-electron chi connectivity index (χ2n) is 11.1. The minimum Gasteiger partial charge on any atom is -0.481 e. The third-order valence-corrected chi connectivity index (χ3v) is 8.95. The number of thiazole rings is 1. The molecule has 1 N–H and O–H groups in total. The maximum absolute atomic E-state index is 14.7. The topological polar surface area (TPSA) is 92.6 Å². The standard InChI is InChI=1S/C30H32FN3O4S/c31-30(17-38-18-30)26-12-9-20(15-32-26)23-7-3-4-8-24(23)25-16-39-29(33-25)34(22-10-11-22)28(37)21(14-27(35)36)13-19-5-1-2-6-19/h3-4,7-9,12,15-16,19,21-22H,1-2,5-6,10-11,13-14,17-18H2,(H,35,36)/t21-/m1/s1. The molecule has 9 heteroatoms. The first kappa shape index (κ1) is 26.1. The first-order valence-electron chi connectivity index (χ1n) is 13.7. The van der Waals surface area contributed by atoms with Crippen LogP contribution in [0.1, 0.15) is 57.1 Å². The van der Waals surface area contributed by atoms with Crippen molar-refractivity contribution in [2.75, 3.05) is 18.1 Å². The van der Waals surface area contributed by atoms with Crippen LogP contribution in [-0.4, -0.2) is 46.2 Å². The summed E-state index contributed by atoms with van der Waals surface area (Å²) in [5, 5.41) is 12.1. The molecule has 1 aromatic carbocycles. The van der Waals surface area contributed by atoms with Gasteiger partial charge in [-0.05, 0) is 36.8 Å². The zero-order chi connectivity index (χ0) is 27.0. The number of aromatic nitrogens is 2. The third-order valence-electron chi connectivity index (χ3n) is 8.11. The van der Waals surface area contributed by atoms with Crippen LogP contribution < -0.4 is 4.90 Å². The number of amides is 1. The monoisotopic (exact) mass is 549 g/mol. The van der Waals surface area contributed by atoms with Gasteiger partial charge in [0.2, 0.25) is 5.91 Å². The van der Waals surface area contributed by atoms with Gasteiger partial charge in [-0.3, -0.25) is 19.5 Å². The fourth-order valence-electron chi connectivity index (χ4n) is 5.79. The lowest BCUT2D eigenvalue weighted by molar-refractivity contribution is -0.141. The Kier molecular flexibility index (Phi) is 7.20. The van der Waals surface area contributed by atoms with Crippen molar-refractivity contribution in [2.45, 2.75) is 63.1 Å². The van der Waals surface area contributed by atoms with Crippen LogP contribution >= 0.6 is 11.3 Å². The molecule has 1 aliphatic heterocycles. The molecule has 3 heterocycles. The highest BCUT2D eigenvalue weighted by Crippen LogP contribution is 2.41. The molecule has 0 unspecified atom stereocenters. The Labute approximate surface area is 231 Å². The molecule has 1 atom stereocenters. The summed E-state index contributed by atoms with van der Waals surface area (Å²) in [4.78, 5) is 36.5. The van der Waals surface area contributed by atoms with Gasteiger partial charge in [0.05, 0.1) is 31.0 Å². The van der Waals surface area contributed by atoms with E-state index in [1.165, 1.54) is 11.3 Å². The van der Waals surface area contributed by atoms with Crippen LogP contribution in [0, 0.1) is 11.8 Å². The average Bonchev–Trinajstić information content (AvgIpc) is 3.39. The number of anilines is 1. The van der Waals surface area contributed by atoms with Gasteiger partial charge in [-0.15, -0.1) is 11.3 Å². The number of carboxylic acids is 1. The van der Waals surface area contributed by atoms with Crippen molar-refractivity contribution in [1.82, 2.24) is 9.97 Å². The lowest BCUT2D eigenvalue weighted by Crippen LogP contribution is -2.43. The minimum absolute atomic E-state index is 0.0295. The van der Waals surface area contributed by atoms with Crippen molar-refractivity contribution in [3.8, 4) is 22.4 Å². The Balaban J connectivity index is 1.27. The molecule has 39 heavy (non-hydrogen) atoms. The van der Waals surface area contributed by atoms with Gasteiger partial charge in [0.1, 0.15) is 0 Å². The second kappa shape index (κ2) is 10.8. The van der Waals surface area contributed by atoms with E-state index >= 15 is 0 Å². The van der Waals surface area contributed by atoms with E-state index in [-0.39, 0.29) is 31.6 Å². The molecule has 0 spiro atoms. The number of nitrogens with zero attached hydrogens (tertiary/aromatic N) is 3. The lowest BCUT2D eigenvalue weighted by atomic mass is 9.90. The van der Waals surface area contributed by atoms with Crippen LogP contribution in [0.4, 0.5) is 9.52 Å². The zero-order valence-electron chi connectivity index (χ0n) is 21.7. The largest absolute Gasteiger partial charge is 0.481 e. The summed E-state index contributed by atoms with van der Waals surface area (Å²) in [7, 11) is 0. The second-order valence-corrected chi connectivity index (χ2v) is 11.9. The van der Waals surface area contributed by atoms with Crippen molar-refractivity contribution in [3.63, 3.8) is 0 Å². The summed E-state index contributed by atoms with van der Waals surface area (Å²) in [6.45, 7) is 0.0590. The Morgan fingerprint density at radius 1 is 1.10 bits per heavy atom. The summed E-state index contributed by atoms with van der Waals surface area (Å²) >= 11 is 1.42. The first-order valence-corrected chi connectivity index (χ1v) is 14.6. The SMILES string of the molecule is O=C(O)C[C@@H](CC1CCCC1)C(=O)N(c1nc(-c2ccccc2-c2ccc(C3(F)COC3)nc2)cs1)C1CC1. The van der Waals surface area contributed by atoms with E-state index < -0.39 is 17.6 Å². The molecule has 3 aliphatic rings. The molecule has 1 saturated heterocycles. The van der Waals surface area contributed by atoms with E-state index in [0.717, 1.165) is 60.9 Å². The van der Waals surface area contributed by atoms with Gasteiger partial charge in [-0.1, -0.05) is 56.0 Å². The zero-order valence-corrected chi connectivity index (χ0v) is 22.5. The number of alkyl halides is 1. The number of aliphatic carboxylic acids is 1. The van der Waals surface area contributed by atoms with Gasteiger partial charge in [0.25, 0.3) is 0 Å². The highest BCUT2D eigenvalue weighted by molar-refractivity contribution is 7.14. The summed E-state index contributed by atoms with van der Waals surface area (Å²) in [6, 6.07) is 11.5. The third kappa shape index (κ3) is 5.47. The number of ether oxygens (including phenoxy) is 1. The fourth-order valence-corrected chi connectivity index (χ4v) is 6.70. The number of hydrogen-bond acceptors (Lipinski definition) is 6. The Bertz CT molecular complexity index is 1350. The maximum atomic E-state index is 14.7. The van der Waals surface area contributed by atoms with Gasteiger partial charge in [-0.2, -0.15) is 0 Å². The number of pyridine rings is 1. The molecule has 0 bridgehead atoms. The highest BCUT2D eigenvalue weighted by atomic mass is 32.1. The molecule has 2 saturated carbocycles. The van der Waals surface area contributed by atoms with Crippen molar-refractivity contribution >= 4 is 28.3 Å². The normalized spacial score (nSPS) is 19.4. The van der Waals surface area contributed by atoms with Gasteiger partial charge < -0.3 is 9.84 Å². The molecule has 6 rings (SSSR count). The lowest BCUT2D eigenvalue weighted by Gasteiger charge is -2.33. The van der Waals surface area contributed by atoms with Gasteiger partial charge in [0, 0.05) is 34.7 Å². The van der Waals surface area contributed by atoms with Crippen LogP contribution in [0.2, 0.25) is 0 Å². The number of hydrogen-bond donors (Lipinski definition) is 1. The van der Waals surface area contributed by atoms with Crippen molar-refractivity contribution < 1.29 is 23.8 Å². The Morgan fingerprint density at radius 2 is 1.85 bits per heavy atom. The molecule has 204 valence electrons. The van der Waals surface area contributed by atoms with E-state index in [1.807, 2.05) is 35.7 Å². The van der Waals surface area contributed by atoms with Gasteiger partial charge in [-0.25, -0.2) is 9.37 Å². The van der Waals surface area contributed by atoms with Crippen molar-refractivity contribution in [2.24, 2.45) is 11.8 Å². The number of carbonyl (C=O) groups excluding carboxylic acids is 1. The number of carboxylic acid groups (broad SMARTS) is 1. The van der Waals surface area contributed by atoms with Gasteiger partial charge >= 0.3 is 5.97 Å². The molecule has 3 aromatic rings. The number of carbonyl (C=O) groups is 2. The van der Waals surface area contributed by atoms with E-state index in [0.29, 0.717) is 23.2 Å². The smallest absolute Gasteiger partial charge is 0.304 e. The van der Waals surface area contributed by atoms with Crippen LogP contribution in [0.25, 0.3) is 22.4 Å². The molecule has 1 amide bonds. The fraction of sp³-hybridized carbons (Fsp3) is 0.467. The average molecular weight is 550 g/mol. The quantitative estimate of drug-likeness (QED) is 0.322. The van der Waals surface area contributed by atoms with E-state index in [4.69, 9.17) is 9.72 Å². The van der Waals surface area contributed by atoms with Crippen LogP contribution in [-0.2, 0) is 20.0 Å². The molecule has 2 aliphatic carbocycles.